The molecule has 0 aliphatic heterocycles. The number of hydrogen-bond donors (Lipinski definition) is 1. The molecule has 0 aliphatic carbocycles. The Morgan fingerprint density at radius 1 is 0.905 bits per heavy atom. The predicted molar refractivity (Wildman–Crippen MR) is 86.7 cm³/mol. The van der Waals surface area contributed by atoms with Gasteiger partial charge < -0.3 is 14.8 Å². The van der Waals surface area contributed by atoms with Gasteiger partial charge in [-0.1, -0.05) is 35.3 Å². The molecule has 0 heterocycles. The van der Waals surface area contributed by atoms with Crippen molar-refractivity contribution in [2.75, 3.05) is 20.3 Å². The van der Waals surface area contributed by atoms with E-state index in [0.29, 0.717) is 29.0 Å². The lowest BCUT2D eigenvalue weighted by atomic mass is 10.2. The monoisotopic (exact) mass is 325 g/mol. The molecule has 2 rings (SSSR count). The minimum Gasteiger partial charge on any atom is -0.490 e. The molecule has 0 radical (unpaired) electrons. The Morgan fingerprint density at radius 2 is 1.57 bits per heavy atom. The smallest absolute Gasteiger partial charge is 0.122 e. The molecule has 0 spiro atoms. The van der Waals surface area contributed by atoms with Gasteiger partial charge in [0.25, 0.3) is 0 Å². The van der Waals surface area contributed by atoms with E-state index in [9.17, 15) is 0 Å². The van der Waals surface area contributed by atoms with Crippen molar-refractivity contribution in [3.05, 3.63) is 58.1 Å². The fraction of sp³-hybridized carbons (Fsp3) is 0.250. The second-order valence-electron chi connectivity index (χ2n) is 4.48. The Balaban J connectivity index is 1.80. The third-order valence-corrected chi connectivity index (χ3v) is 3.17. The largest absolute Gasteiger partial charge is 0.490 e. The highest BCUT2D eigenvalue weighted by Crippen LogP contribution is 2.24. The summed E-state index contributed by atoms with van der Waals surface area (Å²) in [6.07, 6.45) is 0. The predicted octanol–water partition coefficient (Wildman–Crippen LogP) is 4.17. The highest BCUT2D eigenvalue weighted by atomic mass is 35.5. The first-order valence-electron chi connectivity index (χ1n) is 6.62. The van der Waals surface area contributed by atoms with Gasteiger partial charge in [-0.25, -0.2) is 0 Å². The van der Waals surface area contributed by atoms with Crippen LogP contribution in [0.4, 0.5) is 0 Å². The lowest BCUT2D eigenvalue weighted by Gasteiger charge is -2.10. The fourth-order valence-corrected chi connectivity index (χ4v) is 2.39. The van der Waals surface area contributed by atoms with E-state index < -0.39 is 0 Å². The van der Waals surface area contributed by atoms with Crippen molar-refractivity contribution in [3.63, 3.8) is 0 Å². The normalized spacial score (nSPS) is 10.4. The van der Waals surface area contributed by atoms with E-state index in [-0.39, 0.29) is 0 Å². The van der Waals surface area contributed by atoms with Crippen LogP contribution in [-0.2, 0) is 6.54 Å². The van der Waals surface area contributed by atoms with E-state index in [1.54, 1.807) is 18.2 Å². The summed E-state index contributed by atoms with van der Waals surface area (Å²) < 4.78 is 11.2. The first kappa shape index (κ1) is 16.0. The van der Waals surface area contributed by atoms with Gasteiger partial charge in [0.05, 0.1) is 0 Å². The molecule has 0 aliphatic rings. The van der Waals surface area contributed by atoms with Crippen molar-refractivity contribution in [1.82, 2.24) is 5.32 Å². The molecule has 112 valence electrons. The molecule has 0 aromatic heterocycles. The van der Waals surface area contributed by atoms with Crippen molar-refractivity contribution in [2.45, 2.75) is 6.54 Å². The van der Waals surface area contributed by atoms with E-state index in [1.165, 1.54) is 5.56 Å². The molecule has 0 unspecified atom stereocenters. The fourth-order valence-electron chi connectivity index (χ4n) is 1.88. The van der Waals surface area contributed by atoms with Gasteiger partial charge in [-0.15, -0.1) is 0 Å². The zero-order valence-corrected chi connectivity index (χ0v) is 13.2. The lowest BCUT2D eigenvalue weighted by molar-refractivity contribution is 0.217. The van der Waals surface area contributed by atoms with Crippen LogP contribution in [0, 0.1) is 0 Å². The summed E-state index contributed by atoms with van der Waals surface area (Å²) in [4.78, 5) is 0. The van der Waals surface area contributed by atoms with E-state index in [2.05, 4.69) is 5.32 Å². The number of hydrogen-bond acceptors (Lipinski definition) is 3. The number of rotatable bonds is 7. The Kier molecular flexibility index (Phi) is 6.18. The summed E-state index contributed by atoms with van der Waals surface area (Å²) >= 11 is 11.8. The number of ether oxygens (including phenoxy) is 2. The topological polar surface area (TPSA) is 30.5 Å². The summed E-state index contributed by atoms with van der Waals surface area (Å²) in [6, 6.07) is 13.1. The SMILES string of the molecule is CNCc1cccc(OCCOc2cc(Cl)cc(Cl)c2)c1. The first-order valence-corrected chi connectivity index (χ1v) is 7.38. The highest BCUT2D eigenvalue weighted by Gasteiger charge is 2.00. The maximum atomic E-state index is 5.90. The minimum absolute atomic E-state index is 0.424. The van der Waals surface area contributed by atoms with Crippen molar-refractivity contribution in [2.24, 2.45) is 0 Å². The maximum Gasteiger partial charge on any atom is 0.122 e. The van der Waals surface area contributed by atoms with Crippen molar-refractivity contribution in [3.8, 4) is 11.5 Å². The molecule has 1 N–H and O–H groups in total. The van der Waals surface area contributed by atoms with E-state index in [1.807, 2.05) is 31.3 Å². The lowest BCUT2D eigenvalue weighted by Crippen LogP contribution is -2.09. The zero-order chi connectivity index (χ0) is 15.1. The molecule has 0 amide bonds. The Bertz CT molecular complexity index is 570. The van der Waals surface area contributed by atoms with Gasteiger partial charge in [-0.3, -0.25) is 0 Å². The molecular formula is C16H17Cl2NO2. The summed E-state index contributed by atoms with van der Waals surface area (Å²) in [7, 11) is 1.91. The highest BCUT2D eigenvalue weighted by molar-refractivity contribution is 6.34. The zero-order valence-electron chi connectivity index (χ0n) is 11.7. The van der Waals surface area contributed by atoms with Crippen molar-refractivity contribution >= 4 is 23.2 Å². The average molecular weight is 326 g/mol. The third kappa shape index (κ3) is 5.46. The van der Waals surface area contributed by atoms with Crippen LogP contribution < -0.4 is 14.8 Å². The first-order chi connectivity index (χ1) is 10.2. The quantitative estimate of drug-likeness (QED) is 0.775. The summed E-state index contributed by atoms with van der Waals surface area (Å²) in [5.74, 6) is 1.47. The molecule has 0 saturated heterocycles. The Morgan fingerprint density at radius 3 is 2.24 bits per heavy atom. The average Bonchev–Trinajstić information content (AvgIpc) is 2.43. The van der Waals surface area contributed by atoms with Crippen molar-refractivity contribution < 1.29 is 9.47 Å². The summed E-state index contributed by atoms with van der Waals surface area (Å²) in [5, 5.41) is 4.21. The van der Waals surface area contributed by atoms with Crippen LogP contribution in [0.2, 0.25) is 10.0 Å². The van der Waals surface area contributed by atoms with Gasteiger partial charge >= 0.3 is 0 Å². The van der Waals surface area contributed by atoms with Gasteiger partial charge in [-0.05, 0) is 42.9 Å². The molecule has 2 aromatic rings. The standard InChI is InChI=1S/C16H17Cl2NO2/c1-19-11-12-3-2-4-15(7-12)20-5-6-21-16-9-13(17)8-14(18)10-16/h2-4,7-10,19H,5-6,11H2,1H3. The van der Waals surface area contributed by atoms with Crippen LogP contribution in [0.15, 0.2) is 42.5 Å². The molecule has 0 atom stereocenters. The van der Waals surface area contributed by atoms with Gasteiger partial charge in [0.2, 0.25) is 0 Å². The second-order valence-corrected chi connectivity index (χ2v) is 5.35. The summed E-state index contributed by atoms with van der Waals surface area (Å²) in [5.41, 5.74) is 1.18. The van der Waals surface area contributed by atoms with Gasteiger partial charge in [0.1, 0.15) is 24.7 Å². The van der Waals surface area contributed by atoms with Crippen LogP contribution in [0.25, 0.3) is 0 Å². The molecule has 0 fully saturated rings. The molecule has 3 nitrogen and oxygen atoms in total. The van der Waals surface area contributed by atoms with Crippen LogP contribution in [-0.4, -0.2) is 20.3 Å². The van der Waals surface area contributed by atoms with Crippen molar-refractivity contribution in [1.29, 1.82) is 0 Å². The number of halogens is 2. The number of benzene rings is 2. The van der Waals surface area contributed by atoms with E-state index in [4.69, 9.17) is 32.7 Å². The van der Waals surface area contributed by atoms with Gasteiger partial charge in [0, 0.05) is 16.6 Å². The van der Waals surface area contributed by atoms with Crippen LogP contribution in [0.5, 0.6) is 11.5 Å². The minimum atomic E-state index is 0.424. The molecule has 0 bridgehead atoms. The Hall–Kier alpha value is -1.42. The molecule has 5 heteroatoms. The van der Waals surface area contributed by atoms with Crippen LogP contribution in [0.1, 0.15) is 5.56 Å². The molecule has 21 heavy (non-hydrogen) atoms. The molecule has 2 aromatic carbocycles. The molecule has 0 saturated carbocycles. The molecular weight excluding hydrogens is 309 g/mol. The third-order valence-electron chi connectivity index (χ3n) is 2.74. The second kappa shape index (κ2) is 8.13. The maximum absolute atomic E-state index is 5.90. The van der Waals surface area contributed by atoms with Gasteiger partial charge in [-0.2, -0.15) is 0 Å². The Labute approximate surface area is 134 Å². The van der Waals surface area contributed by atoms with Crippen LogP contribution in [0.3, 0.4) is 0 Å². The van der Waals surface area contributed by atoms with E-state index in [0.717, 1.165) is 12.3 Å². The van der Waals surface area contributed by atoms with Crippen LogP contribution >= 0.6 is 23.2 Å². The summed E-state index contributed by atoms with van der Waals surface area (Å²) in [6.45, 7) is 1.69. The van der Waals surface area contributed by atoms with Gasteiger partial charge in [0.15, 0.2) is 0 Å². The van der Waals surface area contributed by atoms with E-state index >= 15 is 0 Å². The number of nitrogens with one attached hydrogen (secondary N) is 1.